The van der Waals surface area contributed by atoms with Gasteiger partial charge in [-0.2, -0.15) is 0 Å². The summed E-state index contributed by atoms with van der Waals surface area (Å²) >= 11 is 0. The summed E-state index contributed by atoms with van der Waals surface area (Å²) in [5.41, 5.74) is 0. The van der Waals surface area contributed by atoms with Crippen molar-refractivity contribution in [3.05, 3.63) is 0 Å². The van der Waals surface area contributed by atoms with Crippen LogP contribution in [0.25, 0.3) is 0 Å². The van der Waals surface area contributed by atoms with E-state index < -0.39 is 0 Å². The zero-order chi connectivity index (χ0) is 20.0. The minimum absolute atomic E-state index is 0.503. The van der Waals surface area contributed by atoms with Crippen molar-refractivity contribution in [3.8, 4) is 0 Å². The quantitative estimate of drug-likeness (QED) is 0.312. The van der Waals surface area contributed by atoms with Gasteiger partial charge in [0.15, 0.2) is 5.96 Å². The molecule has 2 aliphatic heterocycles. The van der Waals surface area contributed by atoms with Crippen molar-refractivity contribution >= 4 is 5.96 Å². The summed E-state index contributed by atoms with van der Waals surface area (Å²) in [7, 11) is 0. The number of ether oxygens (including phenoxy) is 2. The van der Waals surface area contributed by atoms with Crippen molar-refractivity contribution in [1.29, 1.82) is 0 Å². The van der Waals surface area contributed by atoms with Gasteiger partial charge in [-0.05, 0) is 25.8 Å². The Hall–Kier alpha value is -0.890. The Morgan fingerprint density at radius 2 is 1.57 bits per heavy atom. The van der Waals surface area contributed by atoms with Gasteiger partial charge in [0.1, 0.15) is 0 Å². The van der Waals surface area contributed by atoms with Gasteiger partial charge in [-0.3, -0.25) is 14.8 Å². The number of nitrogens with zero attached hydrogens (tertiary/aromatic N) is 3. The van der Waals surface area contributed by atoms with Gasteiger partial charge in [-0.1, -0.05) is 26.7 Å². The number of morpholine rings is 2. The molecule has 0 aromatic carbocycles. The summed E-state index contributed by atoms with van der Waals surface area (Å²) in [4.78, 5) is 10.0. The van der Waals surface area contributed by atoms with Crippen LogP contribution in [0.3, 0.4) is 0 Å². The number of nitrogens with one attached hydrogen (secondary N) is 2. The predicted molar refractivity (Wildman–Crippen MR) is 116 cm³/mol. The van der Waals surface area contributed by atoms with Crippen LogP contribution in [0.2, 0.25) is 0 Å². The molecule has 0 radical (unpaired) electrons. The molecule has 28 heavy (non-hydrogen) atoms. The Kier molecular flexibility index (Phi) is 11.8. The molecule has 2 heterocycles. The number of hydrogen-bond donors (Lipinski definition) is 2. The lowest BCUT2D eigenvalue weighted by atomic mass is 9.92. The molecule has 2 fully saturated rings. The van der Waals surface area contributed by atoms with Crippen molar-refractivity contribution in [2.75, 3.05) is 78.8 Å². The van der Waals surface area contributed by atoms with Crippen LogP contribution in [0.15, 0.2) is 4.99 Å². The highest BCUT2D eigenvalue weighted by molar-refractivity contribution is 5.79. The van der Waals surface area contributed by atoms with Gasteiger partial charge < -0.3 is 20.1 Å². The van der Waals surface area contributed by atoms with Crippen molar-refractivity contribution in [2.45, 2.75) is 46.1 Å². The van der Waals surface area contributed by atoms with Crippen LogP contribution in [-0.4, -0.2) is 101 Å². The van der Waals surface area contributed by atoms with Crippen LogP contribution >= 0.6 is 0 Å². The number of rotatable bonds is 11. The second-order valence-electron chi connectivity index (χ2n) is 7.75. The van der Waals surface area contributed by atoms with Crippen LogP contribution < -0.4 is 10.6 Å². The fourth-order valence-electron chi connectivity index (χ4n) is 4.17. The molecular formula is C21H43N5O2. The zero-order valence-corrected chi connectivity index (χ0v) is 18.4. The Bertz CT molecular complexity index is 419. The maximum atomic E-state index is 5.56. The molecule has 0 aromatic rings. The van der Waals surface area contributed by atoms with Crippen molar-refractivity contribution in [1.82, 2.24) is 20.4 Å². The van der Waals surface area contributed by atoms with E-state index in [1.807, 2.05) is 0 Å². The Balaban J connectivity index is 1.83. The molecule has 2 aliphatic rings. The van der Waals surface area contributed by atoms with Gasteiger partial charge in [0.25, 0.3) is 0 Å². The molecule has 2 N–H and O–H groups in total. The third-order valence-electron chi connectivity index (χ3n) is 5.94. The van der Waals surface area contributed by atoms with Gasteiger partial charge >= 0.3 is 0 Å². The second-order valence-corrected chi connectivity index (χ2v) is 7.75. The number of guanidine groups is 1. The fourth-order valence-corrected chi connectivity index (χ4v) is 4.17. The van der Waals surface area contributed by atoms with E-state index in [-0.39, 0.29) is 0 Å². The highest BCUT2D eigenvalue weighted by Gasteiger charge is 2.26. The van der Waals surface area contributed by atoms with Crippen molar-refractivity contribution in [2.24, 2.45) is 10.9 Å². The smallest absolute Gasteiger partial charge is 0.191 e. The molecule has 1 atom stereocenters. The third kappa shape index (κ3) is 8.23. The summed E-state index contributed by atoms with van der Waals surface area (Å²) < 4.78 is 11.0. The van der Waals surface area contributed by atoms with Crippen LogP contribution in [0.1, 0.15) is 40.0 Å². The van der Waals surface area contributed by atoms with E-state index in [0.29, 0.717) is 12.0 Å². The molecule has 0 aromatic heterocycles. The minimum atomic E-state index is 0.503. The summed E-state index contributed by atoms with van der Waals surface area (Å²) in [5.74, 6) is 1.64. The molecule has 0 aliphatic carbocycles. The van der Waals surface area contributed by atoms with Gasteiger partial charge in [0.2, 0.25) is 0 Å². The summed E-state index contributed by atoms with van der Waals surface area (Å²) in [6, 6.07) is 0.503. The average molecular weight is 398 g/mol. The van der Waals surface area contributed by atoms with E-state index >= 15 is 0 Å². The second kappa shape index (κ2) is 14.1. The van der Waals surface area contributed by atoms with E-state index in [1.54, 1.807) is 0 Å². The molecule has 7 heteroatoms. The topological polar surface area (TPSA) is 61.4 Å². The molecule has 0 saturated carbocycles. The molecule has 0 bridgehead atoms. The highest BCUT2D eigenvalue weighted by atomic mass is 16.5. The lowest BCUT2D eigenvalue weighted by molar-refractivity contribution is 0.00395. The average Bonchev–Trinajstić information content (AvgIpc) is 2.75. The SMILES string of the molecule is CCNC(=NCC(C(CC)CC)N1CCOCC1)NCCCN1CCOCC1. The largest absolute Gasteiger partial charge is 0.379 e. The first-order valence-corrected chi connectivity index (χ1v) is 11.4. The standard InChI is InChI=1S/C21H43N5O2/c1-4-19(5-2)20(26-12-16-28-17-13-26)18-24-21(22-6-3)23-8-7-9-25-10-14-27-15-11-25/h19-20H,4-18H2,1-3H3,(H2,22,23,24). The van der Waals surface area contributed by atoms with Crippen molar-refractivity contribution < 1.29 is 9.47 Å². The molecule has 2 saturated heterocycles. The molecule has 0 spiro atoms. The molecule has 1 unspecified atom stereocenters. The normalized spacial score (nSPS) is 21.1. The Morgan fingerprint density at radius 1 is 0.929 bits per heavy atom. The van der Waals surface area contributed by atoms with Gasteiger partial charge in [-0.15, -0.1) is 0 Å². The maximum absolute atomic E-state index is 5.56. The monoisotopic (exact) mass is 397 g/mol. The van der Waals surface area contributed by atoms with E-state index in [1.165, 1.54) is 12.8 Å². The number of hydrogen-bond acceptors (Lipinski definition) is 5. The van der Waals surface area contributed by atoms with Crippen LogP contribution in [0, 0.1) is 5.92 Å². The minimum Gasteiger partial charge on any atom is -0.379 e. The van der Waals surface area contributed by atoms with E-state index in [2.05, 4.69) is 41.2 Å². The van der Waals surface area contributed by atoms with Crippen molar-refractivity contribution in [3.63, 3.8) is 0 Å². The van der Waals surface area contributed by atoms with Crippen LogP contribution in [-0.2, 0) is 9.47 Å². The Labute approximate surface area is 172 Å². The fraction of sp³-hybridized carbons (Fsp3) is 0.952. The highest BCUT2D eigenvalue weighted by Crippen LogP contribution is 2.20. The van der Waals surface area contributed by atoms with Crippen LogP contribution in [0.4, 0.5) is 0 Å². The maximum Gasteiger partial charge on any atom is 0.191 e. The third-order valence-corrected chi connectivity index (χ3v) is 5.94. The van der Waals surface area contributed by atoms with E-state index in [9.17, 15) is 0 Å². The summed E-state index contributed by atoms with van der Waals surface area (Å²) in [6.45, 7) is 18.2. The van der Waals surface area contributed by atoms with E-state index in [4.69, 9.17) is 14.5 Å². The number of aliphatic imine (C=N–C) groups is 1. The first-order chi connectivity index (χ1) is 13.8. The van der Waals surface area contributed by atoms with Gasteiger partial charge in [0.05, 0.1) is 33.0 Å². The summed E-state index contributed by atoms with van der Waals surface area (Å²) in [6.07, 6.45) is 3.54. The molecular weight excluding hydrogens is 354 g/mol. The molecule has 164 valence electrons. The van der Waals surface area contributed by atoms with Gasteiger partial charge in [-0.25, -0.2) is 0 Å². The predicted octanol–water partition coefficient (Wildman–Crippen LogP) is 1.40. The molecule has 0 amide bonds. The lowest BCUT2D eigenvalue weighted by Gasteiger charge is -2.38. The molecule has 2 rings (SSSR count). The van der Waals surface area contributed by atoms with Crippen LogP contribution in [0.5, 0.6) is 0 Å². The lowest BCUT2D eigenvalue weighted by Crippen LogP contribution is -2.49. The van der Waals surface area contributed by atoms with Gasteiger partial charge in [0, 0.05) is 45.3 Å². The molecule has 7 nitrogen and oxygen atoms in total. The first-order valence-electron chi connectivity index (χ1n) is 11.4. The zero-order valence-electron chi connectivity index (χ0n) is 18.4. The summed E-state index contributed by atoms with van der Waals surface area (Å²) in [5, 5.41) is 6.95. The van der Waals surface area contributed by atoms with E-state index in [0.717, 1.165) is 91.2 Å². The Morgan fingerprint density at radius 3 is 2.18 bits per heavy atom. The first kappa shape index (κ1) is 23.4.